The Kier molecular flexibility index (Phi) is 11.3. The van der Waals surface area contributed by atoms with Crippen molar-refractivity contribution in [1.29, 1.82) is 0 Å². The highest BCUT2D eigenvalue weighted by molar-refractivity contribution is 6.33. The van der Waals surface area contributed by atoms with E-state index in [1.165, 1.54) is 10.8 Å². The third-order valence-corrected chi connectivity index (χ3v) is 11.3. The third-order valence-electron chi connectivity index (χ3n) is 11.0. The molecule has 1 fully saturated rings. The summed E-state index contributed by atoms with van der Waals surface area (Å²) in [5.74, 6) is 1.27. The predicted octanol–water partition coefficient (Wildman–Crippen LogP) is 6.84. The van der Waals surface area contributed by atoms with Gasteiger partial charge in [0.15, 0.2) is 17.3 Å². The van der Waals surface area contributed by atoms with Crippen LogP contribution in [0.5, 0.6) is 5.75 Å². The van der Waals surface area contributed by atoms with Crippen molar-refractivity contribution in [3.8, 4) is 17.1 Å². The zero-order valence-electron chi connectivity index (χ0n) is 33.5. The molecule has 0 bridgehead atoms. The first-order valence-electron chi connectivity index (χ1n) is 19.6. The Balaban J connectivity index is 0.000000314. The van der Waals surface area contributed by atoms with Crippen LogP contribution in [0.3, 0.4) is 0 Å². The Morgan fingerprint density at radius 1 is 1.02 bits per heavy atom. The molecule has 3 aliphatic heterocycles. The van der Waals surface area contributed by atoms with Gasteiger partial charge in [0, 0.05) is 38.3 Å². The molecule has 316 valence electrons. The van der Waals surface area contributed by atoms with Crippen molar-refractivity contribution in [3.05, 3.63) is 128 Å². The molecule has 9 rings (SSSR count). The van der Waals surface area contributed by atoms with Crippen LogP contribution in [0.4, 0.5) is 24.5 Å². The number of anilines is 2. The second-order valence-electron chi connectivity index (χ2n) is 15.3. The molecular formula is C43H41ClF3N9O5. The van der Waals surface area contributed by atoms with Gasteiger partial charge < -0.3 is 29.2 Å². The fraction of sp³-hybridized carbons (Fsp3) is 0.326. The molecule has 18 heteroatoms. The molecule has 0 spiro atoms. The van der Waals surface area contributed by atoms with Gasteiger partial charge in [0.05, 0.1) is 39.9 Å². The highest BCUT2D eigenvalue weighted by atomic mass is 35.5. The van der Waals surface area contributed by atoms with E-state index in [0.717, 1.165) is 65.5 Å². The highest BCUT2D eigenvalue weighted by Gasteiger charge is 2.34. The van der Waals surface area contributed by atoms with Crippen molar-refractivity contribution >= 4 is 41.1 Å². The monoisotopic (exact) mass is 855 g/mol. The predicted molar refractivity (Wildman–Crippen MR) is 221 cm³/mol. The van der Waals surface area contributed by atoms with Crippen LogP contribution < -0.4 is 20.5 Å². The van der Waals surface area contributed by atoms with Gasteiger partial charge >= 0.3 is 6.18 Å². The fourth-order valence-electron chi connectivity index (χ4n) is 7.87. The number of hydrogen-bond acceptors (Lipinski definition) is 10. The normalized spacial score (nSPS) is 15.5. The molecule has 6 heterocycles. The van der Waals surface area contributed by atoms with Crippen molar-refractivity contribution < 1.29 is 32.2 Å². The Morgan fingerprint density at radius 3 is 2.51 bits per heavy atom. The zero-order chi connectivity index (χ0) is 43.1. The lowest BCUT2D eigenvalue weighted by Crippen LogP contribution is -2.51. The molecule has 3 aromatic heterocycles. The largest absolute Gasteiger partial charge is 0.485 e. The summed E-state index contributed by atoms with van der Waals surface area (Å²) in [5.41, 5.74) is 5.41. The van der Waals surface area contributed by atoms with Gasteiger partial charge in [-0.05, 0) is 74.6 Å². The minimum Gasteiger partial charge on any atom is -0.485 e. The quantitative estimate of drug-likeness (QED) is 0.162. The van der Waals surface area contributed by atoms with E-state index in [2.05, 4.69) is 50.7 Å². The van der Waals surface area contributed by atoms with E-state index >= 15 is 0 Å². The summed E-state index contributed by atoms with van der Waals surface area (Å²) in [6, 6.07) is 18.6. The molecule has 6 aromatic rings. The molecule has 0 atom stereocenters. The Labute approximate surface area is 352 Å². The number of halogens is 4. The maximum atomic E-state index is 14.1. The molecule has 14 nitrogen and oxygen atoms in total. The van der Waals surface area contributed by atoms with Gasteiger partial charge in [0.25, 0.3) is 11.5 Å². The van der Waals surface area contributed by atoms with Gasteiger partial charge in [-0.1, -0.05) is 54.1 Å². The Hall–Kier alpha value is -6.33. The number of hydrogen-bond donors (Lipinski definition) is 1. The molecule has 2 amide bonds. The summed E-state index contributed by atoms with van der Waals surface area (Å²) in [4.78, 5) is 55.2. The van der Waals surface area contributed by atoms with E-state index in [1.807, 2.05) is 43.3 Å². The van der Waals surface area contributed by atoms with Gasteiger partial charge in [0.2, 0.25) is 12.2 Å². The van der Waals surface area contributed by atoms with Crippen LogP contribution in [0.1, 0.15) is 64.4 Å². The second kappa shape index (κ2) is 16.6. The number of ether oxygens (including phenoxy) is 2. The van der Waals surface area contributed by atoms with E-state index in [4.69, 9.17) is 31.2 Å². The minimum absolute atomic E-state index is 0.146. The number of rotatable bonds is 8. The van der Waals surface area contributed by atoms with Gasteiger partial charge in [-0.3, -0.25) is 14.4 Å². The lowest BCUT2D eigenvalue weighted by atomic mass is 9.94. The summed E-state index contributed by atoms with van der Waals surface area (Å²) in [6.45, 7) is 9.46. The van der Waals surface area contributed by atoms with Crippen LogP contribution in [-0.4, -0.2) is 72.5 Å². The molecule has 3 aromatic carbocycles. The number of aryl methyl sites for hydroxylation is 2. The number of carbonyl (C=O) groups is 2. The summed E-state index contributed by atoms with van der Waals surface area (Å²) in [6.07, 6.45) is -0.970. The summed E-state index contributed by atoms with van der Waals surface area (Å²) >= 11 is 5.49. The van der Waals surface area contributed by atoms with Crippen molar-refractivity contribution in [2.75, 3.05) is 36.4 Å². The van der Waals surface area contributed by atoms with Crippen LogP contribution in [0.15, 0.2) is 77.9 Å². The van der Waals surface area contributed by atoms with Crippen LogP contribution in [0, 0.1) is 6.92 Å². The number of nitrogens with zero attached hydrogens (tertiary/aromatic N) is 8. The van der Waals surface area contributed by atoms with E-state index in [1.54, 1.807) is 4.90 Å². The number of nitrogens with one attached hydrogen (secondary N) is 1. The standard InChI is InChI=1S/C35H36N8O4.C8H5ClF3NO/c1-22-30(46-19-23-8-5-4-6-9-23)28(37-21-36-22)32(44)41-16-14-40(15-17-41)29-27-10-7-13-42(27)34-38-31(39-43(34)33(29)45)24-11-12-26-25(18-24)20-47-35(26,2)3;9-6-3-5(8(10,11)12)1-2-7(6)13-4-14/h4-6,8-9,11-12,18,21H,7,10,13-17,19-20H2,1-3H3;1-4H,(H,13,14). The van der Waals surface area contributed by atoms with Crippen LogP contribution in [-0.2, 0) is 47.5 Å². The van der Waals surface area contributed by atoms with Crippen molar-refractivity contribution in [1.82, 2.24) is 34.0 Å². The maximum absolute atomic E-state index is 14.1. The Bertz CT molecular complexity index is 2700. The van der Waals surface area contributed by atoms with E-state index < -0.39 is 11.7 Å². The molecule has 0 radical (unpaired) electrons. The number of amides is 2. The molecule has 1 N–H and O–H groups in total. The molecule has 1 saturated heterocycles. The zero-order valence-corrected chi connectivity index (χ0v) is 34.3. The molecular weight excluding hydrogens is 815 g/mol. The topological polar surface area (TPSA) is 149 Å². The van der Waals surface area contributed by atoms with Crippen molar-refractivity contribution in [2.45, 2.75) is 65.1 Å². The molecule has 3 aliphatic rings. The number of aromatic nitrogens is 6. The molecule has 0 saturated carbocycles. The van der Waals surface area contributed by atoms with Crippen molar-refractivity contribution in [2.24, 2.45) is 0 Å². The summed E-state index contributed by atoms with van der Waals surface area (Å²) in [7, 11) is 0. The number of carbonyl (C=O) groups excluding carboxylic acids is 2. The molecule has 0 unspecified atom stereocenters. The smallest absolute Gasteiger partial charge is 0.416 e. The first-order valence-corrected chi connectivity index (χ1v) is 20.0. The minimum atomic E-state index is -4.43. The number of piperazine rings is 1. The van der Waals surface area contributed by atoms with Crippen molar-refractivity contribution in [3.63, 3.8) is 0 Å². The van der Waals surface area contributed by atoms with E-state index in [0.29, 0.717) is 74.5 Å². The number of benzene rings is 3. The Morgan fingerprint density at radius 2 is 1.79 bits per heavy atom. The van der Waals surface area contributed by atoms with E-state index in [9.17, 15) is 27.6 Å². The highest BCUT2D eigenvalue weighted by Crippen LogP contribution is 2.38. The van der Waals surface area contributed by atoms with Crippen LogP contribution >= 0.6 is 11.6 Å². The van der Waals surface area contributed by atoms with Gasteiger partial charge in [-0.2, -0.15) is 22.7 Å². The molecule has 61 heavy (non-hydrogen) atoms. The first kappa shape index (κ1) is 41.4. The fourth-order valence-corrected chi connectivity index (χ4v) is 8.10. The summed E-state index contributed by atoms with van der Waals surface area (Å²) < 4.78 is 52.0. The summed E-state index contributed by atoms with van der Waals surface area (Å²) in [5, 5.41) is 6.76. The van der Waals surface area contributed by atoms with Gasteiger partial charge in [-0.15, -0.1) is 5.10 Å². The maximum Gasteiger partial charge on any atom is 0.416 e. The molecule has 0 aliphatic carbocycles. The van der Waals surface area contributed by atoms with Crippen LogP contribution in [0.25, 0.3) is 17.2 Å². The SMILES string of the molecule is Cc1ncnc(C(=O)N2CCN(c3c4n(c5nc(-c6ccc7c(c6)COC7(C)C)nn5c3=O)CCC4)CC2)c1OCc1ccccc1.O=CNc1ccc(C(F)(F)F)cc1Cl. The average Bonchev–Trinajstić information content (AvgIpc) is 3.99. The average molecular weight is 856 g/mol. The number of alkyl halides is 3. The van der Waals surface area contributed by atoms with Crippen LogP contribution in [0.2, 0.25) is 5.02 Å². The lowest BCUT2D eigenvalue weighted by Gasteiger charge is -2.36. The van der Waals surface area contributed by atoms with E-state index in [-0.39, 0.29) is 33.5 Å². The van der Waals surface area contributed by atoms with Gasteiger partial charge in [0.1, 0.15) is 18.6 Å². The number of fused-ring (bicyclic) bond motifs is 4. The lowest BCUT2D eigenvalue weighted by molar-refractivity contribution is -0.137. The van der Waals surface area contributed by atoms with Gasteiger partial charge in [-0.25, -0.2) is 9.97 Å². The third kappa shape index (κ3) is 8.26. The second-order valence-corrected chi connectivity index (χ2v) is 15.7. The first-order chi connectivity index (χ1) is 29.2.